The molecule has 0 aliphatic rings. The molecule has 4 nitrogen and oxygen atoms in total. The summed E-state index contributed by atoms with van der Waals surface area (Å²) in [7, 11) is 0. The van der Waals surface area contributed by atoms with E-state index < -0.39 is 24.0 Å². The second-order valence-electron chi connectivity index (χ2n) is 2.69. The molecule has 1 aromatic rings. The molecule has 0 spiro atoms. The Morgan fingerprint density at radius 1 is 1.43 bits per heavy atom. The van der Waals surface area contributed by atoms with Crippen molar-refractivity contribution >= 4 is 17.4 Å². The van der Waals surface area contributed by atoms with E-state index in [1.54, 1.807) is 0 Å². The summed E-state index contributed by atoms with van der Waals surface area (Å²) in [6, 6.07) is 3.71. The van der Waals surface area contributed by atoms with E-state index in [1.165, 1.54) is 12.1 Å². The van der Waals surface area contributed by atoms with Gasteiger partial charge in [-0.15, -0.1) is 0 Å². The van der Waals surface area contributed by atoms with Crippen LogP contribution in [0.15, 0.2) is 18.2 Å². The monoisotopic (exact) mass is 197 g/mol. The van der Waals surface area contributed by atoms with Gasteiger partial charge >= 0.3 is 5.97 Å². The molecule has 0 bridgehead atoms. The molecule has 3 N–H and O–H groups in total. The van der Waals surface area contributed by atoms with Crippen LogP contribution in [0.3, 0.4) is 0 Å². The molecule has 74 valence electrons. The fourth-order valence-corrected chi connectivity index (χ4v) is 1.01. The topological polar surface area (TPSA) is 80.4 Å². The number of aliphatic carboxylic acids is 1. The average Bonchev–Trinajstić information content (AvgIpc) is 2.08. The molecule has 0 saturated heterocycles. The quantitative estimate of drug-likeness (QED) is 0.431. The first kappa shape index (κ1) is 10.2. The van der Waals surface area contributed by atoms with Crippen LogP contribution in [0.4, 0.5) is 10.1 Å². The number of carboxylic acid groups (broad SMARTS) is 1. The van der Waals surface area contributed by atoms with Gasteiger partial charge in [-0.25, -0.2) is 4.39 Å². The summed E-state index contributed by atoms with van der Waals surface area (Å²) in [5, 5.41) is 8.35. The predicted octanol–water partition coefficient (Wildman–Crippen LogP) is 1.07. The van der Waals surface area contributed by atoms with Crippen LogP contribution < -0.4 is 5.73 Å². The highest BCUT2D eigenvalue weighted by Gasteiger charge is 2.15. The second-order valence-corrected chi connectivity index (χ2v) is 2.69. The zero-order valence-electron chi connectivity index (χ0n) is 7.16. The Hall–Kier alpha value is -1.91. The van der Waals surface area contributed by atoms with Gasteiger partial charge in [0, 0.05) is 5.56 Å². The highest BCUT2D eigenvalue weighted by Crippen LogP contribution is 2.17. The largest absolute Gasteiger partial charge is 0.481 e. The first-order valence-corrected chi connectivity index (χ1v) is 3.81. The van der Waals surface area contributed by atoms with Gasteiger partial charge in [-0.05, 0) is 12.1 Å². The lowest BCUT2D eigenvalue weighted by Gasteiger charge is -2.03. The maximum absolute atomic E-state index is 12.9. The van der Waals surface area contributed by atoms with Crippen molar-refractivity contribution in [3.8, 4) is 0 Å². The number of anilines is 1. The number of ketones is 1. The number of benzene rings is 1. The lowest BCUT2D eigenvalue weighted by atomic mass is 10.1. The third-order valence-corrected chi connectivity index (χ3v) is 1.67. The van der Waals surface area contributed by atoms with Gasteiger partial charge in [0.2, 0.25) is 0 Å². The standard InChI is InChI=1S/C9H8FNO3/c10-6-3-1-2-5(9(6)11)7(12)4-8(13)14/h1-3H,4,11H2,(H,13,14). The van der Waals surface area contributed by atoms with Gasteiger partial charge in [0.15, 0.2) is 5.78 Å². The van der Waals surface area contributed by atoms with Crippen LogP contribution in [-0.4, -0.2) is 16.9 Å². The number of nitrogen functional groups attached to an aromatic ring is 1. The SMILES string of the molecule is Nc1c(F)cccc1C(=O)CC(=O)O. The van der Waals surface area contributed by atoms with E-state index in [0.29, 0.717) is 0 Å². The van der Waals surface area contributed by atoms with Gasteiger partial charge < -0.3 is 10.8 Å². The smallest absolute Gasteiger partial charge is 0.311 e. The zero-order valence-corrected chi connectivity index (χ0v) is 7.16. The number of nitrogens with two attached hydrogens (primary N) is 1. The zero-order chi connectivity index (χ0) is 10.7. The Balaban J connectivity index is 3.01. The van der Waals surface area contributed by atoms with Crippen molar-refractivity contribution in [3.63, 3.8) is 0 Å². The molecule has 0 saturated carbocycles. The lowest BCUT2D eigenvalue weighted by Crippen LogP contribution is -2.10. The van der Waals surface area contributed by atoms with Crippen molar-refractivity contribution in [2.45, 2.75) is 6.42 Å². The number of hydrogen-bond donors (Lipinski definition) is 2. The van der Waals surface area contributed by atoms with Crippen LogP contribution in [0.5, 0.6) is 0 Å². The summed E-state index contributed by atoms with van der Waals surface area (Å²) in [6.45, 7) is 0. The average molecular weight is 197 g/mol. The molecule has 0 aliphatic carbocycles. The van der Waals surface area contributed by atoms with Crippen molar-refractivity contribution in [1.82, 2.24) is 0 Å². The van der Waals surface area contributed by atoms with Crippen LogP contribution in [0.25, 0.3) is 0 Å². The van der Waals surface area contributed by atoms with E-state index >= 15 is 0 Å². The normalized spacial score (nSPS) is 9.79. The van der Waals surface area contributed by atoms with Crippen molar-refractivity contribution < 1.29 is 19.1 Å². The minimum atomic E-state index is -1.27. The molecule has 0 fully saturated rings. The molecule has 1 rings (SSSR count). The molecule has 0 aliphatic heterocycles. The molecule has 0 heterocycles. The van der Waals surface area contributed by atoms with Gasteiger partial charge in [0.25, 0.3) is 0 Å². The molecule has 14 heavy (non-hydrogen) atoms. The lowest BCUT2D eigenvalue weighted by molar-refractivity contribution is -0.135. The number of halogens is 1. The minimum Gasteiger partial charge on any atom is -0.481 e. The van der Waals surface area contributed by atoms with Crippen LogP contribution in [0.2, 0.25) is 0 Å². The number of rotatable bonds is 3. The van der Waals surface area contributed by atoms with Gasteiger partial charge in [-0.1, -0.05) is 6.07 Å². The minimum absolute atomic E-state index is 0.0904. The number of hydrogen-bond acceptors (Lipinski definition) is 3. The van der Waals surface area contributed by atoms with E-state index in [0.717, 1.165) is 6.07 Å². The van der Waals surface area contributed by atoms with Crippen molar-refractivity contribution in [2.75, 3.05) is 5.73 Å². The maximum atomic E-state index is 12.9. The predicted molar refractivity (Wildman–Crippen MR) is 47.4 cm³/mol. The number of carbonyl (C=O) groups is 2. The third-order valence-electron chi connectivity index (χ3n) is 1.67. The molecule has 1 aromatic carbocycles. The second kappa shape index (κ2) is 3.87. The van der Waals surface area contributed by atoms with Gasteiger partial charge in [0.05, 0.1) is 5.69 Å². The summed E-state index contributed by atoms with van der Waals surface area (Å²) in [5.41, 5.74) is 4.87. The van der Waals surface area contributed by atoms with Crippen LogP contribution in [-0.2, 0) is 4.79 Å². The molecular formula is C9H8FNO3. The molecule has 0 radical (unpaired) electrons. The Morgan fingerprint density at radius 2 is 2.07 bits per heavy atom. The Kier molecular flexibility index (Phi) is 2.81. The summed E-state index contributed by atoms with van der Waals surface area (Å²) in [4.78, 5) is 21.4. The summed E-state index contributed by atoms with van der Waals surface area (Å²) < 4.78 is 12.9. The molecule has 5 heteroatoms. The number of carbonyl (C=O) groups excluding carboxylic acids is 1. The van der Waals surface area contributed by atoms with Crippen LogP contribution >= 0.6 is 0 Å². The van der Waals surface area contributed by atoms with Crippen molar-refractivity contribution in [2.24, 2.45) is 0 Å². The van der Waals surface area contributed by atoms with Gasteiger partial charge in [-0.3, -0.25) is 9.59 Å². The van der Waals surface area contributed by atoms with Crippen LogP contribution in [0, 0.1) is 5.82 Å². The first-order chi connectivity index (χ1) is 6.52. The summed E-state index contributed by atoms with van der Waals surface area (Å²) >= 11 is 0. The first-order valence-electron chi connectivity index (χ1n) is 3.81. The third kappa shape index (κ3) is 2.07. The highest BCUT2D eigenvalue weighted by atomic mass is 19.1. The Morgan fingerprint density at radius 3 is 2.64 bits per heavy atom. The van der Waals surface area contributed by atoms with E-state index in [1.807, 2.05) is 0 Å². The molecule has 0 atom stereocenters. The molecule has 0 amide bonds. The molecule has 0 unspecified atom stereocenters. The van der Waals surface area contributed by atoms with E-state index in [4.69, 9.17) is 10.8 Å². The van der Waals surface area contributed by atoms with Crippen molar-refractivity contribution in [3.05, 3.63) is 29.6 Å². The van der Waals surface area contributed by atoms with Crippen molar-refractivity contribution in [1.29, 1.82) is 0 Å². The summed E-state index contributed by atoms with van der Waals surface area (Å²) in [6.07, 6.45) is -0.687. The fraction of sp³-hybridized carbons (Fsp3) is 0.111. The number of Topliss-reactive ketones (excluding diaryl/α,β-unsaturated/α-hetero) is 1. The van der Waals surface area contributed by atoms with E-state index in [9.17, 15) is 14.0 Å². The van der Waals surface area contributed by atoms with Gasteiger partial charge in [0.1, 0.15) is 12.2 Å². The fourth-order valence-electron chi connectivity index (χ4n) is 1.01. The Bertz CT molecular complexity index is 390. The number of carboxylic acids is 1. The van der Waals surface area contributed by atoms with Crippen LogP contribution in [0.1, 0.15) is 16.8 Å². The van der Waals surface area contributed by atoms with E-state index in [2.05, 4.69) is 0 Å². The molecular weight excluding hydrogens is 189 g/mol. The Labute approximate surface area is 79.1 Å². The molecule has 0 aromatic heterocycles. The van der Waals surface area contributed by atoms with Gasteiger partial charge in [-0.2, -0.15) is 0 Å². The summed E-state index contributed by atoms with van der Waals surface area (Å²) in [5.74, 6) is -2.69. The van der Waals surface area contributed by atoms with E-state index in [-0.39, 0.29) is 11.3 Å². The number of para-hydroxylation sites is 1. The maximum Gasteiger partial charge on any atom is 0.311 e. The highest BCUT2D eigenvalue weighted by molar-refractivity contribution is 6.08.